The van der Waals surface area contributed by atoms with E-state index >= 15 is 0 Å². The van der Waals surface area contributed by atoms with E-state index in [0.29, 0.717) is 11.4 Å². The van der Waals surface area contributed by atoms with Gasteiger partial charge < -0.3 is 10.2 Å². The highest BCUT2D eigenvalue weighted by Crippen LogP contribution is 2.32. The first-order chi connectivity index (χ1) is 11.4. The molecule has 0 atom stereocenters. The molecule has 0 spiro atoms. The van der Waals surface area contributed by atoms with Crippen molar-refractivity contribution in [3.63, 3.8) is 0 Å². The molecular weight excluding hydrogens is 321 g/mol. The first kappa shape index (κ1) is 16.4. The molecule has 1 N–H and O–H groups in total. The van der Waals surface area contributed by atoms with Gasteiger partial charge >= 0.3 is 0 Å². The van der Waals surface area contributed by atoms with Crippen LogP contribution in [0.15, 0.2) is 18.2 Å². The van der Waals surface area contributed by atoms with Gasteiger partial charge in [-0.05, 0) is 31.5 Å². The zero-order chi connectivity index (χ0) is 17.4. The van der Waals surface area contributed by atoms with E-state index in [-0.39, 0.29) is 5.56 Å². The van der Waals surface area contributed by atoms with Crippen LogP contribution in [0.25, 0.3) is 0 Å². The van der Waals surface area contributed by atoms with Crippen molar-refractivity contribution in [2.75, 3.05) is 23.3 Å². The summed E-state index contributed by atoms with van der Waals surface area (Å²) in [5, 5.41) is 7.02. The number of halogens is 3. The van der Waals surface area contributed by atoms with Crippen LogP contribution in [-0.2, 0) is 7.05 Å². The molecule has 0 saturated carbocycles. The molecule has 1 aromatic heterocycles. The Kier molecular flexibility index (Phi) is 4.21. The van der Waals surface area contributed by atoms with Gasteiger partial charge in [0.25, 0.3) is 12.3 Å². The molecule has 2 aromatic rings. The van der Waals surface area contributed by atoms with Crippen LogP contribution in [0.5, 0.6) is 0 Å². The number of alkyl halides is 2. The van der Waals surface area contributed by atoms with Gasteiger partial charge in [0.15, 0.2) is 5.82 Å². The van der Waals surface area contributed by atoms with E-state index < -0.39 is 23.7 Å². The van der Waals surface area contributed by atoms with Crippen LogP contribution in [0.1, 0.15) is 34.5 Å². The van der Waals surface area contributed by atoms with E-state index in [1.54, 1.807) is 18.7 Å². The van der Waals surface area contributed by atoms with E-state index in [0.717, 1.165) is 37.5 Å². The summed E-state index contributed by atoms with van der Waals surface area (Å²) < 4.78 is 40.6. The molecule has 5 nitrogen and oxygen atoms in total. The van der Waals surface area contributed by atoms with Crippen LogP contribution in [0, 0.1) is 12.7 Å². The summed E-state index contributed by atoms with van der Waals surface area (Å²) in [5.74, 6) is -0.821. The monoisotopic (exact) mass is 338 g/mol. The van der Waals surface area contributed by atoms with Gasteiger partial charge in [-0.2, -0.15) is 5.10 Å². The molecule has 128 valence electrons. The summed E-state index contributed by atoms with van der Waals surface area (Å²) in [6, 6.07) is 2.94. The van der Waals surface area contributed by atoms with Crippen LogP contribution < -0.4 is 10.2 Å². The summed E-state index contributed by atoms with van der Waals surface area (Å²) in [6.07, 6.45) is -1.91. The van der Waals surface area contributed by atoms with Crippen molar-refractivity contribution in [1.29, 1.82) is 0 Å². The molecule has 1 amide bonds. The van der Waals surface area contributed by atoms with Crippen molar-refractivity contribution in [2.45, 2.75) is 19.8 Å². The minimum absolute atomic E-state index is 0.0236. The number of hydrogen-bond donors (Lipinski definition) is 1. The van der Waals surface area contributed by atoms with Gasteiger partial charge in [-0.15, -0.1) is 0 Å². The highest BCUT2D eigenvalue weighted by atomic mass is 19.3. The number of nitrogens with zero attached hydrogens (tertiary/aromatic N) is 3. The van der Waals surface area contributed by atoms with Crippen molar-refractivity contribution < 1.29 is 18.0 Å². The maximum absolute atomic E-state index is 13.4. The molecule has 8 heteroatoms. The SMILES string of the molecule is Cc1nn(C)c(N2CCC2)c1NC(=O)c1ccc(F)c(C(F)F)c1. The normalized spacial score (nSPS) is 14.0. The molecule has 0 aliphatic carbocycles. The molecule has 0 radical (unpaired) electrons. The number of aryl methyl sites for hydroxylation is 2. The number of aromatic nitrogens is 2. The third-order valence-corrected chi connectivity index (χ3v) is 4.08. The smallest absolute Gasteiger partial charge is 0.266 e. The summed E-state index contributed by atoms with van der Waals surface area (Å²) in [6.45, 7) is 3.50. The Hall–Kier alpha value is -2.51. The molecular formula is C16H17F3N4O. The predicted molar refractivity (Wildman–Crippen MR) is 84.1 cm³/mol. The topological polar surface area (TPSA) is 50.2 Å². The Labute approximate surface area is 137 Å². The molecule has 1 aliphatic rings. The zero-order valence-electron chi connectivity index (χ0n) is 13.3. The van der Waals surface area contributed by atoms with E-state index in [1.807, 2.05) is 0 Å². The minimum atomic E-state index is -2.98. The Morgan fingerprint density at radius 3 is 2.62 bits per heavy atom. The van der Waals surface area contributed by atoms with Crippen molar-refractivity contribution in [2.24, 2.45) is 7.05 Å². The number of amides is 1. The Morgan fingerprint density at radius 2 is 2.04 bits per heavy atom. The minimum Gasteiger partial charge on any atom is -0.355 e. The first-order valence-corrected chi connectivity index (χ1v) is 7.56. The lowest BCUT2D eigenvalue weighted by Gasteiger charge is -2.33. The van der Waals surface area contributed by atoms with Crippen LogP contribution in [-0.4, -0.2) is 28.8 Å². The van der Waals surface area contributed by atoms with Gasteiger partial charge in [-0.25, -0.2) is 13.2 Å². The number of nitrogens with one attached hydrogen (secondary N) is 1. The predicted octanol–water partition coefficient (Wildman–Crippen LogP) is 3.27. The van der Waals surface area contributed by atoms with E-state index in [9.17, 15) is 18.0 Å². The Balaban J connectivity index is 1.89. The van der Waals surface area contributed by atoms with E-state index in [1.165, 1.54) is 6.07 Å². The third-order valence-electron chi connectivity index (χ3n) is 4.08. The van der Waals surface area contributed by atoms with Crippen molar-refractivity contribution >= 4 is 17.4 Å². The molecule has 1 aromatic carbocycles. The van der Waals surface area contributed by atoms with E-state index in [4.69, 9.17) is 0 Å². The molecule has 0 bridgehead atoms. The van der Waals surface area contributed by atoms with Crippen LogP contribution in [0.3, 0.4) is 0 Å². The fourth-order valence-electron chi connectivity index (χ4n) is 2.72. The molecule has 3 rings (SSSR count). The zero-order valence-corrected chi connectivity index (χ0v) is 13.3. The molecule has 24 heavy (non-hydrogen) atoms. The highest BCUT2D eigenvalue weighted by molar-refractivity contribution is 6.06. The number of anilines is 2. The average Bonchev–Trinajstić information content (AvgIpc) is 2.73. The standard InChI is InChI=1S/C16H17F3N4O/c1-9-13(16(22(2)21-9)23-6-3-7-23)20-15(24)10-4-5-12(17)11(8-10)14(18)19/h4-5,8,14H,3,6-7H2,1-2H3,(H,20,24). The Morgan fingerprint density at radius 1 is 1.33 bits per heavy atom. The van der Waals surface area contributed by atoms with Gasteiger partial charge in [0.05, 0.1) is 11.3 Å². The second-order valence-electron chi connectivity index (χ2n) is 5.74. The molecule has 1 fully saturated rings. The third kappa shape index (κ3) is 2.83. The fraction of sp³-hybridized carbons (Fsp3) is 0.375. The largest absolute Gasteiger partial charge is 0.355 e. The van der Waals surface area contributed by atoms with E-state index in [2.05, 4.69) is 15.3 Å². The second kappa shape index (κ2) is 6.18. The number of rotatable bonds is 4. The van der Waals surface area contributed by atoms with Gasteiger partial charge in [0.2, 0.25) is 0 Å². The summed E-state index contributed by atoms with van der Waals surface area (Å²) >= 11 is 0. The Bertz CT molecular complexity index is 784. The lowest BCUT2D eigenvalue weighted by molar-refractivity contribution is 0.102. The maximum atomic E-state index is 13.4. The van der Waals surface area contributed by atoms with Crippen LogP contribution >= 0.6 is 0 Å². The maximum Gasteiger partial charge on any atom is 0.266 e. The lowest BCUT2D eigenvalue weighted by atomic mass is 10.1. The molecule has 1 aliphatic heterocycles. The van der Waals surface area contributed by atoms with Crippen molar-refractivity contribution in [3.05, 3.63) is 40.8 Å². The number of carbonyl (C=O) groups excluding carboxylic acids is 1. The number of carbonyl (C=O) groups is 1. The van der Waals surface area contributed by atoms with Crippen molar-refractivity contribution in [3.8, 4) is 0 Å². The van der Waals surface area contributed by atoms with Gasteiger partial charge in [0, 0.05) is 25.7 Å². The van der Waals surface area contributed by atoms with Crippen LogP contribution in [0.2, 0.25) is 0 Å². The first-order valence-electron chi connectivity index (χ1n) is 7.56. The summed E-state index contributed by atoms with van der Waals surface area (Å²) in [5.41, 5.74) is 0.368. The fourth-order valence-corrected chi connectivity index (χ4v) is 2.72. The van der Waals surface area contributed by atoms with Gasteiger partial charge in [-0.1, -0.05) is 0 Å². The van der Waals surface area contributed by atoms with Gasteiger partial charge in [0.1, 0.15) is 11.5 Å². The highest BCUT2D eigenvalue weighted by Gasteiger charge is 2.25. The summed E-state index contributed by atoms with van der Waals surface area (Å²) in [7, 11) is 1.78. The molecule has 0 unspecified atom stereocenters. The number of benzene rings is 1. The quantitative estimate of drug-likeness (QED) is 0.931. The summed E-state index contributed by atoms with van der Waals surface area (Å²) in [4.78, 5) is 14.5. The second-order valence-corrected chi connectivity index (χ2v) is 5.74. The average molecular weight is 338 g/mol. The van der Waals surface area contributed by atoms with Crippen molar-refractivity contribution in [1.82, 2.24) is 9.78 Å². The van der Waals surface area contributed by atoms with Crippen LogP contribution in [0.4, 0.5) is 24.7 Å². The molecule has 1 saturated heterocycles. The molecule has 2 heterocycles. The lowest BCUT2D eigenvalue weighted by Crippen LogP contribution is -2.39. The number of hydrogen-bond acceptors (Lipinski definition) is 3. The van der Waals surface area contributed by atoms with Gasteiger partial charge in [-0.3, -0.25) is 9.48 Å².